The quantitative estimate of drug-likeness (QED) is 0.910. The van der Waals surface area contributed by atoms with Crippen LogP contribution in [0.2, 0.25) is 0 Å². The SMILES string of the molecule is Cc1c(CNC(=O)Nc2nc(C(C)(C)C)ns2)cnn1C. The number of nitrogens with one attached hydrogen (secondary N) is 2. The molecule has 2 N–H and O–H groups in total. The lowest BCUT2D eigenvalue weighted by molar-refractivity contribution is 0.251. The summed E-state index contributed by atoms with van der Waals surface area (Å²) in [6, 6.07) is -0.296. The number of nitrogens with zero attached hydrogens (tertiary/aromatic N) is 4. The lowest BCUT2D eigenvalue weighted by Gasteiger charge is -2.12. The molecule has 0 aliphatic heterocycles. The molecule has 0 unspecified atom stereocenters. The Morgan fingerprint density at radius 2 is 2.14 bits per heavy atom. The van der Waals surface area contributed by atoms with Gasteiger partial charge in [0.1, 0.15) is 5.82 Å². The molecule has 114 valence electrons. The van der Waals surface area contributed by atoms with Crippen molar-refractivity contribution < 1.29 is 4.79 Å². The van der Waals surface area contributed by atoms with Gasteiger partial charge in [0.25, 0.3) is 0 Å². The van der Waals surface area contributed by atoms with Crippen molar-refractivity contribution in [3.8, 4) is 0 Å². The summed E-state index contributed by atoms with van der Waals surface area (Å²) in [7, 11) is 1.87. The van der Waals surface area contributed by atoms with E-state index in [-0.39, 0.29) is 11.4 Å². The maximum atomic E-state index is 11.9. The van der Waals surface area contributed by atoms with Crippen molar-refractivity contribution in [1.82, 2.24) is 24.5 Å². The van der Waals surface area contributed by atoms with Crippen LogP contribution in [0.5, 0.6) is 0 Å². The summed E-state index contributed by atoms with van der Waals surface area (Å²) in [6.07, 6.45) is 1.75. The molecule has 0 bridgehead atoms. The normalized spacial score (nSPS) is 11.5. The van der Waals surface area contributed by atoms with E-state index in [1.807, 2.05) is 34.7 Å². The summed E-state index contributed by atoms with van der Waals surface area (Å²) in [5.74, 6) is 0.728. The maximum Gasteiger partial charge on any atom is 0.321 e. The minimum absolute atomic E-state index is 0.125. The van der Waals surface area contributed by atoms with Crippen LogP contribution >= 0.6 is 11.5 Å². The highest BCUT2D eigenvalue weighted by Crippen LogP contribution is 2.22. The summed E-state index contributed by atoms with van der Waals surface area (Å²) >= 11 is 1.18. The third-order valence-electron chi connectivity index (χ3n) is 3.09. The smallest absolute Gasteiger partial charge is 0.321 e. The molecule has 2 rings (SSSR count). The van der Waals surface area contributed by atoms with Crippen molar-refractivity contribution in [2.24, 2.45) is 7.05 Å². The predicted octanol–water partition coefficient (Wildman–Crippen LogP) is 2.20. The van der Waals surface area contributed by atoms with Gasteiger partial charge >= 0.3 is 6.03 Å². The van der Waals surface area contributed by atoms with Crippen LogP contribution in [-0.2, 0) is 19.0 Å². The number of hydrogen-bond donors (Lipinski definition) is 2. The van der Waals surface area contributed by atoms with Gasteiger partial charge in [0.2, 0.25) is 5.13 Å². The summed E-state index contributed by atoms with van der Waals surface area (Å²) < 4.78 is 6.02. The van der Waals surface area contributed by atoms with Crippen LogP contribution in [0, 0.1) is 6.92 Å². The van der Waals surface area contributed by atoms with E-state index >= 15 is 0 Å². The fraction of sp³-hybridized carbons (Fsp3) is 0.538. The van der Waals surface area contributed by atoms with Gasteiger partial charge in [-0.3, -0.25) is 10.00 Å². The van der Waals surface area contributed by atoms with Gasteiger partial charge in [0.15, 0.2) is 0 Å². The molecule has 0 saturated heterocycles. The minimum Gasteiger partial charge on any atom is -0.334 e. The van der Waals surface area contributed by atoms with Gasteiger partial charge < -0.3 is 5.32 Å². The average molecular weight is 308 g/mol. The molecule has 0 atom stereocenters. The van der Waals surface area contributed by atoms with Gasteiger partial charge in [0.05, 0.1) is 6.20 Å². The highest BCUT2D eigenvalue weighted by molar-refractivity contribution is 7.09. The Morgan fingerprint density at radius 1 is 1.43 bits per heavy atom. The van der Waals surface area contributed by atoms with E-state index in [2.05, 4.69) is 25.1 Å². The van der Waals surface area contributed by atoms with Gasteiger partial charge in [-0.05, 0) is 6.92 Å². The number of anilines is 1. The first-order chi connectivity index (χ1) is 9.77. The number of aromatic nitrogens is 4. The zero-order chi connectivity index (χ0) is 15.6. The Labute approximate surface area is 127 Å². The Kier molecular flexibility index (Phi) is 4.26. The molecule has 2 aromatic heterocycles. The topological polar surface area (TPSA) is 84.7 Å². The molecule has 0 radical (unpaired) electrons. The number of urea groups is 1. The number of carbonyl (C=O) groups is 1. The van der Waals surface area contributed by atoms with Crippen LogP contribution in [0.25, 0.3) is 0 Å². The van der Waals surface area contributed by atoms with Crippen molar-refractivity contribution in [1.29, 1.82) is 0 Å². The highest BCUT2D eigenvalue weighted by Gasteiger charge is 2.20. The molecular formula is C13H20N6OS. The second-order valence-corrected chi connectivity index (χ2v) is 6.61. The molecule has 7 nitrogen and oxygen atoms in total. The molecule has 0 spiro atoms. The highest BCUT2D eigenvalue weighted by atomic mass is 32.1. The molecule has 0 fully saturated rings. The Bertz CT molecular complexity index is 639. The minimum atomic E-state index is -0.296. The molecule has 0 aromatic carbocycles. The third kappa shape index (κ3) is 3.78. The molecule has 0 aliphatic carbocycles. The molecule has 8 heteroatoms. The van der Waals surface area contributed by atoms with Crippen LogP contribution in [-0.4, -0.2) is 25.2 Å². The fourth-order valence-electron chi connectivity index (χ4n) is 1.61. The van der Waals surface area contributed by atoms with E-state index < -0.39 is 0 Å². The van der Waals surface area contributed by atoms with Crippen molar-refractivity contribution in [2.75, 3.05) is 5.32 Å². The largest absolute Gasteiger partial charge is 0.334 e. The van der Waals surface area contributed by atoms with E-state index in [1.54, 1.807) is 10.9 Å². The molecule has 0 aliphatic rings. The average Bonchev–Trinajstić information content (AvgIpc) is 2.96. The number of amides is 2. The van der Waals surface area contributed by atoms with E-state index in [0.29, 0.717) is 11.7 Å². The first kappa shape index (κ1) is 15.4. The monoisotopic (exact) mass is 308 g/mol. The van der Waals surface area contributed by atoms with Crippen LogP contribution in [0.3, 0.4) is 0 Å². The Hall–Kier alpha value is -1.96. The second-order valence-electron chi connectivity index (χ2n) is 5.86. The molecule has 0 saturated carbocycles. The Morgan fingerprint density at radius 3 is 2.67 bits per heavy atom. The predicted molar refractivity (Wildman–Crippen MR) is 82.4 cm³/mol. The zero-order valence-corrected chi connectivity index (χ0v) is 13.7. The van der Waals surface area contributed by atoms with E-state index in [4.69, 9.17) is 0 Å². The summed E-state index contributed by atoms with van der Waals surface area (Å²) in [6.45, 7) is 8.48. The van der Waals surface area contributed by atoms with E-state index in [0.717, 1.165) is 17.1 Å². The number of hydrogen-bond acceptors (Lipinski definition) is 5. The fourth-order valence-corrected chi connectivity index (χ4v) is 2.37. The van der Waals surface area contributed by atoms with Gasteiger partial charge in [-0.2, -0.15) is 9.47 Å². The van der Waals surface area contributed by atoms with Gasteiger partial charge in [-0.25, -0.2) is 9.78 Å². The summed E-state index contributed by atoms with van der Waals surface area (Å²) in [5.41, 5.74) is 1.89. The lowest BCUT2D eigenvalue weighted by atomic mass is 9.96. The van der Waals surface area contributed by atoms with Crippen molar-refractivity contribution in [2.45, 2.75) is 39.7 Å². The summed E-state index contributed by atoms with van der Waals surface area (Å²) in [4.78, 5) is 16.2. The van der Waals surface area contributed by atoms with Gasteiger partial charge in [0, 0.05) is 41.8 Å². The van der Waals surface area contributed by atoms with Crippen molar-refractivity contribution >= 4 is 22.7 Å². The number of aryl methyl sites for hydroxylation is 1. The standard InChI is InChI=1S/C13H20N6OS/c1-8-9(7-15-19(8)5)6-14-11(20)17-12-16-10(18-21-12)13(2,3)4/h7H,6H2,1-5H3,(H2,14,16,17,18,20). The first-order valence-corrected chi connectivity index (χ1v) is 7.41. The lowest BCUT2D eigenvalue weighted by Crippen LogP contribution is -2.28. The maximum absolute atomic E-state index is 11.9. The molecule has 2 amide bonds. The molecule has 2 heterocycles. The van der Waals surface area contributed by atoms with Gasteiger partial charge in [-0.1, -0.05) is 20.8 Å². The summed E-state index contributed by atoms with van der Waals surface area (Å²) in [5, 5.41) is 10.1. The molecular weight excluding hydrogens is 288 g/mol. The third-order valence-corrected chi connectivity index (χ3v) is 3.72. The second kappa shape index (κ2) is 5.80. The van der Waals surface area contributed by atoms with Gasteiger partial charge in [-0.15, -0.1) is 0 Å². The van der Waals surface area contributed by atoms with E-state index in [9.17, 15) is 4.79 Å². The van der Waals surface area contributed by atoms with Crippen molar-refractivity contribution in [3.05, 3.63) is 23.3 Å². The Balaban J connectivity index is 1.90. The van der Waals surface area contributed by atoms with Crippen LogP contribution < -0.4 is 10.6 Å². The first-order valence-electron chi connectivity index (χ1n) is 6.64. The number of rotatable bonds is 3. The van der Waals surface area contributed by atoms with Crippen LogP contribution in [0.15, 0.2) is 6.20 Å². The number of carbonyl (C=O) groups excluding carboxylic acids is 1. The van der Waals surface area contributed by atoms with E-state index in [1.165, 1.54) is 11.5 Å². The van der Waals surface area contributed by atoms with Crippen LogP contribution in [0.1, 0.15) is 37.9 Å². The zero-order valence-electron chi connectivity index (χ0n) is 12.9. The molecule has 2 aromatic rings. The van der Waals surface area contributed by atoms with Crippen LogP contribution in [0.4, 0.5) is 9.93 Å². The van der Waals surface area contributed by atoms with Crippen molar-refractivity contribution in [3.63, 3.8) is 0 Å². The molecule has 21 heavy (non-hydrogen) atoms.